The van der Waals surface area contributed by atoms with Crippen LogP contribution in [0.1, 0.15) is 36.1 Å². The van der Waals surface area contributed by atoms with Crippen LogP contribution in [0.5, 0.6) is 0 Å². The second kappa shape index (κ2) is 10.9. The van der Waals surface area contributed by atoms with Crippen molar-refractivity contribution in [3.8, 4) is 0 Å². The first-order valence-electron chi connectivity index (χ1n) is 11.2. The molecule has 10 nitrogen and oxygen atoms in total. The molecule has 2 aromatic rings. The maximum absolute atomic E-state index is 12.4. The summed E-state index contributed by atoms with van der Waals surface area (Å²) in [5, 5.41) is 17.4. The van der Waals surface area contributed by atoms with Gasteiger partial charge in [0.05, 0.1) is 37.6 Å². The Bertz CT molecular complexity index is 1060. The molecule has 2 unspecified atom stereocenters. The molecule has 0 spiro atoms. The van der Waals surface area contributed by atoms with Gasteiger partial charge in [-0.2, -0.15) is 5.10 Å². The van der Waals surface area contributed by atoms with Gasteiger partial charge in [-0.3, -0.25) is 19.5 Å². The average molecular weight is 465 g/mol. The van der Waals surface area contributed by atoms with E-state index in [-0.39, 0.29) is 31.1 Å². The summed E-state index contributed by atoms with van der Waals surface area (Å²) in [6.07, 6.45) is 5.70. The van der Waals surface area contributed by atoms with E-state index in [4.69, 9.17) is 9.94 Å². The first kappa shape index (κ1) is 23.4. The van der Waals surface area contributed by atoms with Crippen molar-refractivity contribution in [3.05, 3.63) is 65.5 Å². The van der Waals surface area contributed by atoms with Gasteiger partial charge < -0.3 is 20.3 Å². The summed E-state index contributed by atoms with van der Waals surface area (Å²) in [4.78, 5) is 36.2. The number of carbonyl (C=O) groups is 2. The number of rotatable bonds is 9. The third-order valence-corrected chi connectivity index (χ3v) is 5.85. The molecule has 1 aromatic carbocycles. The minimum Gasteiger partial charge on any atom is -0.480 e. The van der Waals surface area contributed by atoms with E-state index in [1.807, 2.05) is 43.3 Å². The second-order valence-electron chi connectivity index (χ2n) is 8.43. The zero-order valence-electron chi connectivity index (χ0n) is 19.0. The number of carbonyl (C=O) groups excluding carboxylic acids is 1. The van der Waals surface area contributed by atoms with E-state index >= 15 is 0 Å². The van der Waals surface area contributed by atoms with Crippen LogP contribution in [0.25, 0.3) is 0 Å². The van der Waals surface area contributed by atoms with Gasteiger partial charge >= 0.3 is 5.97 Å². The number of hydrogen-bond donors (Lipinski definition) is 2. The molecule has 1 aromatic heterocycles. The van der Waals surface area contributed by atoms with E-state index in [2.05, 4.69) is 20.7 Å². The molecule has 34 heavy (non-hydrogen) atoms. The number of carboxylic acids is 1. The van der Waals surface area contributed by atoms with Crippen LogP contribution in [0.3, 0.4) is 0 Å². The minimum atomic E-state index is -0.925. The molecular weight excluding hydrogens is 436 g/mol. The first-order chi connectivity index (χ1) is 16.5. The summed E-state index contributed by atoms with van der Waals surface area (Å²) in [5.74, 6) is -1.01. The molecular formula is C24H28N6O4. The van der Waals surface area contributed by atoms with Crippen molar-refractivity contribution in [3.63, 3.8) is 0 Å². The maximum Gasteiger partial charge on any atom is 0.317 e. The zero-order valence-corrected chi connectivity index (χ0v) is 19.0. The molecule has 3 heterocycles. The normalized spacial score (nSPS) is 19.7. The van der Waals surface area contributed by atoms with Gasteiger partial charge in [-0.25, -0.2) is 0 Å². The van der Waals surface area contributed by atoms with Crippen molar-refractivity contribution in [2.45, 2.75) is 25.5 Å². The molecule has 2 aliphatic heterocycles. The Kier molecular flexibility index (Phi) is 7.48. The van der Waals surface area contributed by atoms with Crippen molar-refractivity contribution in [1.29, 1.82) is 0 Å². The Morgan fingerprint density at radius 2 is 2.03 bits per heavy atom. The number of hydrazone groups is 1. The highest BCUT2D eigenvalue weighted by Crippen LogP contribution is 2.19. The summed E-state index contributed by atoms with van der Waals surface area (Å²) >= 11 is 0. The highest BCUT2D eigenvalue weighted by atomic mass is 16.6. The largest absolute Gasteiger partial charge is 0.480 e. The van der Waals surface area contributed by atoms with Gasteiger partial charge in [0.1, 0.15) is 0 Å². The van der Waals surface area contributed by atoms with Gasteiger partial charge in [-0.15, -0.1) is 0 Å². The molecule has 0 saturated carbocycles. The lowest BCUT2D eigenvalue weighted by atomic mass is 10.0. The lowest BCUT2D eigenvalue weighted by molar-refractivity contribution is -0.143. The molecule has 2 N–H and O–H groups in total. The fourth-order valence-corrected chi connectivity index (χ4v) is 3.93. The molecule has 0 aliphatic carbocycles. The van der Waals surface area contributed by atoms with E-state index in [0.29, 0.717) is 26.1 Å². The van der Waals surface area contributed by atoms with E-state index in [9.17, 15) is 9.59 Å². The highest BCUT2D eigenvalue weighted by molar-refractivity contribution is 6.01. The predicted octanol–water partition coefficient (Wildman–Crippen LogP) is 1.49. The first-order valence-corrected chi connectivity index (χ1v) is 11.2. The molecule has 2 atom stereocenters. The molecule has 0 radical (unpaired) electrons. The van der Waals surface area contributed by atoms with Crippen LogP contribution in [0.4, 0.5) is 0 Å². The molecule has 1 amide bonds. The van der Waals surface area contributed by atoms with E-state index in [1.165, 1.54) is 0 Å². The maximum atomic E-state index is 12.4. The number of pyridine rings is 1. The van der Waals surface area contributed by atoms with E-state index in [1.54, 1.807) is 28.4 Å². The quantitative estimate of drug-likeness (QED) is 0.426. The summed E-state index contributed by atoms with van der Waals surface area (Å²) in [7, 11) is 0. The molecule has 0 bridgehead atoms. The number of aromatic nitrogens is 1. The van der Waals surface area contributed by atoms with E-state index in [0.717, 1.165) is 22.4 Å². The monoisotopic (exact) mass is 464 g/mol. The SMILES string of the molecule is CC(N/N=C/c1ccc(C2=NOC(CN3CCN(CC(=O)O)CC3=O)C2)cc1)c1ccncc1. The third kappa shape index (κ3) is 6.16. The Balaban J connectivity index is 1.24. The predicted molar refractivity (Wildman–Crippen MR) is 127 cm³/mol. The molecule has 10 heteroatoms. The number of nitrogens with zero attached hydrogens (tertiary/aromatic N) is 5. The van der Waals surface area contributed by atoms with Crippen molar-refractivity contribution in [2.75, 3.05) is 32.7 Å². The summed E-state index contributed by atoms with van der Waals surface area (Å²) in [6.45, 7) is 3.51. The highest BCUT2D eigenvalue weighted by Gasteiger charge is 2.30. The zero-order chi connectivity index (χ0) is 23.9. The van der Waals surface area contributed by atoms with Crippen molar-refractivity contribution < 1.29 is 19.5 Å². The number of carboxylic acid groups (broad SMARTS) is 1. The van der Waals surface area contributed by atoms with Gasteiger partial charge in [0.2, 0.25) is 5.91 Å². The standard InChI is InChI=1S/C24H28N6O4/c1-17(19-6-8-25-9-7-19)27-26-13-18-2-4-20(5-3-18)22-12-21(34-28-22)14-30-11-10-29(15-23(30)31)16-24(32)33/h2-9,13,17,21,27H,10-12,14-16H2,1H3,(H,32,33)/b26-13+. The lowest BCUT2D eigenvalue weighted by Crippen LogP contribution is -2.53. The topological polar surface area (TPSA) is 120 Å². The number of oxime groups is 1. The van der Waals surface area contributed by atoms with E-state index < -0.39 is 5.97 Å². The van der Waals surface area contributed by atoms with Gasteiger partial charge in [-0.05, 0) is 35.7 Å². The van der Waals surface area contributed by atoms with Gasteiger partial charge in [0, 0.05) is 31.9 Å². The molecule has 4 rings (SSSR count). The van der Waals surface area contributed by atoms with Crippen molar-refractivity contribution in [2.24, 2.45) is 10.3 Å². The fourth-order valence-electron chi connectivity index (χ4n) is 3.93. The van der Waals surface area contributed by atoms with Gasteiger partial charge in [0.15, 0.2) is 6.10 Å². The Morgan fingerprint density at radius 1 is 1.26 bits per heavy atom. The Hall–Kier alpha value is -3.79. The van der Waals surface area contributed by atoms with Gasteiger partial charge in [0.25, 0.3) is 0 Å². The fraction of sp³-hybridized carbons (Fsp3) is 0.375. The average Bonchev–Trinajstić information content (AvgIpc) is 3.30. The Labute approximate surface area is 197 Å². The summed E-state index contributed by atoms with van der Waals surface area (Å²) in [6, 6.07) is 11.9. The molecule has 2 aliphatic rings. The summed E-state index contributed by atoms with van der Waals surface area (Å²) < 4.78 is 0. The van der Waals surface area contributed by atoms with Crippen LogP contribution in [0.2, 0.25) is 0 Å². The van der Waals surface area contributed by atoms with Crippen LogP contribution in [-0.4, -0.2) is 82.5 Å². The third-order valence-electron chi connectivity index (χ3n) is 5.85. The molecule has 178 valence electrons. The minimum absolute atomic E-state index is 0.0764. The molecule has 1 saturated heterocycles. The number of benzene rings is 1. The second-order valence-corrected chi connectivity index (χ2v) is 8.43. The summed E-state index contributed by atoms with van der Waals surface area (Å²) in [5.41, 5.74) is 6.99. The number of hydrogen-bond acceptors (Lipinski definition) is 8. The van der Waals surface area contributed by atoms with Crippen LogP contribution < -0.4 is 5.43 Å². The van der Waals surface area contributed by atoms with Gasteiger partial charge in [-0.1, -0.05) is 29.4 Å². The smallest absolute Gasteiger partial charge is 0.317 e. The van der Waals surface area contributed by atoms with Crippen LogP contribution in [0.15, 0.2) is 59.0 Å². The van der Waals surface area contributed by atoms with Crippen LogP contribution in [-0.2, 0) is 14.4 Å². The van der Waals surface area contributed by atoms with Crippen molar-refractivity contribution >= 4 is 23.8 Å². The number of aliphatic carboxylic acids is 1. The Morgan fingerprint density at radius 3 is 2.74 bits per heavy atom. The number of nitrogens with one attached hydrogen (secondary N) is 1. The van der Waals surface area contributed by atoms with Crippen LogP contribution >= 0.6 is 0 Å². The molecule has 1 fully saturated rings. The number of amides is 1. The van der Waals surface area contributed by atoms with Crippen LogP contribution in [0, 0.1) is 0 Å². The van der Waals surface area contributed by atoms with Crippen molar-refractivity contribution in [1.82, 2.24) is 20.2 Å². The number of piperazine rings is 1. The lowest BCUT2D eigenvalue weighted by Gasteiger charge is -2.34.